The molecule has 5 nitrogen and oxygen atoms in total. The highest BCUT2D eigenvalue weighted by atomic mass is 32.1. The Balaban J connectivity index is 1.24. The zero-order valence-corrected chi connectivity index (χ0v) is 18.5. The van der Waals surface area contributed by atoms with Crippen molar-refractivity contribution in [2.75, 3.05) is 19.6 Å². The molecule has 1 aliphatic carbocycles. The van der Waals surface area contributed by atoms with E-state index in [0.29, 0.717) is 12.0 Å². The number of hydrogen-bond acceptors (Lipinski definition) is 5. The molecule has 0 saturated carbocycles. The van der Waals surface area contributed by atoms with E-state index >= 15 is 0 Å². The van der Waals surface area contributed by atoms with Crippen molar-refractivity contribution in [2.45, 2.75) is 45.4 Å². The predicted molar refractivity (Wildman–Crippen MR) is 120 cm³/mol. The number of fused-ring (bicyclic) bond motifs is 3. The topological polar surface area (TPSA) is 54.7 Å². The number of likely N-dealkylation sites (tertiary alicyclic amines) is 1. The fraction of sp³-hybridized carbons (Fsp3) is 0.458. The van der Waals surface area contributed by atoms with Gasteiger partial charge in [-0.1, -0.05) is 0 Å². The van der Waals surface area contributed by atoms with E-state index in [0.717, 1.165) is 68.0 Å². The maximum atomic E-state index is 13.2. The maximum absolute atomic E-state index is 13.2. The van der Waals surface area contributed by atoms with E-state index in [4.69, 9.17) is 4.98 Å². The van der Waals surface area contributed by atoms with Crippen LogP contribution < -0.4 is 5.56 Å². The van der Waals surface area contributed by atoms with E-state index < -0.39 is 0 Å². The average Bonchev–Trinajstić information content (AvgIpc) is 3.35. The summed E-state index contributed by atoms with van der Waals surface area (Å²) in [6, 6.07) is 5.84. The van der Waals surface area contributed by atoms with Crippen molar-refractivity contribution >= 4 is 22.1 Å². The lowest BCUT2D eigenvalue weighted by Crippen LogP contribution is -2.38. The number of piperidine rings is 1. The maximum Gasteiger partial charge on any atom is 0.262 e. The molecule has 3 aromatic rings. The van der Waals surface area contributed by atoms with E-state index in [1.165, 1.54) is 22.7 Å². The Morgan fingerprint density at radius 1 is 1.19 bits per heavy atom. The van der Waals surface area contributed by atoms with Gasteiger partial charge in [0.15, 0.2) is 10.7 Å². The Morgan fingerprint density at radius 2 is 1.94 bits per heavy atom. The molecule has 0 atom stereocenters. The molecule has 1 aromatic carbocycles. The van der Waals surface area contributed by atoms with Crippen molar-refractivity contribution in [3.05, 3.63) is 67.8 Å². The Kier molecular flexibility index (Phi) is 5.48. The first kappa shape index (κ1) is 20.5. The minimum Gasteiger partial charge on any atom is -0.303 e. The number of halogens is 1. The van der Waals surface area contributed by atoms with Gasteiger partial charge in [-0.2, -0.15) is 0 Å². The van der Waals surface area contributed by atoms with Crippen LogP contribution in [0.2, 0.25) is 0 Å². The summed E-state index contributed by atoms with van der Waals surface area (Å²) in [7, 11) is 0. The molecule has 1 saturated heterocycles. The molecule has 3 heterocycles. The van der Waals surface area contributed by atoms with Gasteiger partial charge in [0.05, 0.1) is 0 Å². The van der Waals surface area contributed by atoms with E-state index in [2.05, 4.69) is 4.90 Å². The van der Waals surface area contributed by atoms with Crippen LogP contribution in [0.1, 0.15) is 51.4 Å². The summed E-state index contributed by atoms with van der Waals surface area (Å²) in [5, 5.41) is 0. The standard InChI is InChI=1S/C24H26FN3O2S/c1-15-19(23(30)28-20-3-2-4-21(20)31-24(28)26-15)11-14-27-12-9-17(10-13-27)22(29)16-5-7-18(25)8-6-16/h5-8,17H,2-4,9-14H2,1H3. The summed E-state index contributed by atoms with van der Waals surface area (Å²) in [6.45, 7) is 4.41. The first-order valence-corrected chi connectivity index (χ1v) is 11.9. The van der Waals surface area contributed by atoms with Gasteiger partial charge in [-0.25, -0.2) is 9.37 Å². The molecule has 5 rings (SSSR count). The molecule has 162 valence electrons. The molecule has 1 fully saturated rings. The highest BCUT2D eigenvalue weighted by Gasteiger charge is 2.26. The first-order chi connectivity index (χ1) is 15.0. The molecule has 0 bridgehead atoms. The molecule has 7 heteroatoms. The molecule has 31 heavy (non-hydrogen) atoms. The third-order valence-corrected chi connectivity index (χ3v) is 7.88. The lowest BCUT2D eigenvalue weighted by Gasteiger charge is -2.31. The number of rotatable bonds is 5. The molecular weight excluding hydrogens is 413 g/mol. The van der Waals surface area contributed by atoms with Crippen LogP contribution in [0.5, 0.6) is 0 Å². The molecule has 0 spiro atoms. The van der Waals surface area contributed by atoms with Crippen LogP contribution in [0.4, 0.5) is 4.39 Å². The number of hydrogen-bond donors (Lipinski definition) is 0. The number of thiazole rings is 1. The summed E-state index contributed by atoms with van der Waals surface area (Å²) in [4.78, 5) is 35.1. The fourth-order valence-corrected chi connectivity index (χ4v) is 6.17. The van der Waals surface area contributed by atoms with Crippen molar-refractivity contribution in [3.8, 4) is 0 Å². The number of carbonyl (C=O) groups is 1. The lowest BCUT2D eigenvalue weighted by atomic mass is 9.89. The summed E-state index contributed by atoms with van der Waals surface area (Å²) >= 11 is 1.66. The van der Waals surface area contributed by atoms with Crippen LogP contribution >= 0.6 is 11.3 Å². The second-order valence-corrected chi connectivity index (χ2v) is 9.72. The zero-order valence-electron chi connectivity index (χ0n) is 17.7. The van der Waals surface area contributed by atoms with Gasteiger partial charge in [-0.15, -0.1) is 11.3 Å². The van der Waals surface area contributed by atoms with Gasteiger partial charge in [-0.3, -0.25) is 14.0 Å². The monoisotopic (exact) mass is 439 g/mol. The number of aryl methyl sites for hydroxylation is 3. The third kappa shape index (κ3) is 3.85. The highest BCUT2D eigenvalue weighted by Crippen LogP contribution is 2.29. The molecule has 2 aliphatic rings. The summed E-state index contributed by atoms with van der Waals surface area (Å²) in [5.41, 5.74) is 3.51. The van der Waals surface area contributed by atoms with E-state index in [1.807, 2.05) is 11.3 Å². The van der Waals surface area contributed by atoms with Gasteiger partial charge in [0.2, 0.25) is 0 Å². The van der Waals surface area contributed by atoms with Gasteiger partial charge in [0.1, 0.15) is 5.82 Å². The Labute approximate surface area is 184 Å². The van der Waals surface area contributed by atoms with Crippen molar-refractivity contribution in [2.24, 2.45) is 5.92 Å². The lowest BCUT2D eigenvalue weighted by molar-refractivity contribution is 0.0841. The van der Waals surface area contributed by atoms with E-state index in [9.17, 15) is 14.0 Å². The molecule has 0 radical (unpaired) electrons. The zero-order chi connectivity index (χ0) is 21.5. The summed E-state index contributed by atoms with van der Waals surface area (Å²) in [5.74, 6) is -0.229. The summed E-state index contributed by atoms with van der Waals surface area (Å²) < 4.78 is 15.0. The fourth-order valence-electron chi connectivity index (χ4n) is 4.93. The number of nitrogens with zero attached hydrogens (tertiary/aromatic N) is 3. The molecule has 1 aliphatic heterocycles. The van der Waals surface area contributed by atoms with Crippen LogP contribution in [0.3, 0.4) is 0 Å². The smallest absolute Gasteiger partial charge is 0.262 e. The van der Waals surface area contributed by atoms with E-state index in [-0.39, 0.29) is 23.1 Å². The van der Waals surface area contributed by atoms with Crippen molar-refractivity contribution < 1.29 is 9.18 Å². The SMILES string of the molecule is Cc1nc2sc3c(n2c(=O)c1CCN1CCC(C(=O)c2ccc(F)cc2)CC1)CCC3. The van der Waals surface area contributed by atoms with Gasteiger partial charge in [0.25, 0.3) is 5.56 Å². The van der Waals surface area contributed by atoms with Gasteiger partial charge >= 0.3 is 0 Å². The molecule has 2 aromatic heterocycles. The molecule has 0 N–H and O–H groups in total. The quantitative estimate of drug-likeness (QED) is 0.567. The number of ketones is 1. The van der Waals surface area contributed by atoms with Crippen molar-refractivity contribution in [3.63, 3.8) is 0 Å². The van der Waals surface area contributed by atoms with Crippen LogP contribution in [-0.2, 0) is 19.3 Å². The van der Waals surface area contributed by atoms with Crippen LogP contribution in [0, 0.1) is 18.7 Å². The number of aromatic nitrogens is 2. The Bertz CT molecular complexity index is 1190. The van der Waals surface area contributed by atoms with Gasteiger partial charge in [-0.05, 0) is 82.8 Å². The van der Waals surface area contributed by atoms with Crippen LogP contribution in [-0.4, -0.2) is 39.7 Å². The molecule has 0 amide bonds. The predicted octanol–water partition coefficient (Wildman–Crippen LogP) is 3.83. The van der Waals surface area contributed by atoms with Crippen LogP contribution in [0.25, 0.3) is 4.96 Å². The second-order valence-electron chi connectivity index (χ2n) is 8.66. The van der Waals surface area contributed by atoms with Crippen LogP contribution in [0.15, 0.2) is 29.1 Å². The number of Topliss-reactive ketones (excluding diaryl/α,β-unsaturated/α-hetero) is 1. The minimum atomic E-state index is -0.322. The number of carbonyl (C=O) groups excluding carboxylic acids is 1. The molecular formula is C24H26FN3O2S. The van der Waals surface area contributed by atoms with Gasteiger partial charge < -0.3 is 4.90 Å². The minimum absolute atomic E-state index is 0.0134. The van der Waals surface area contributed by atoms with Crippen molar-refractivity contribution in [1.82, 2.24) is 14.3 Å². The third-order valence-electron chi connectivity index (χ3n) is 6.74. The Morgan fingerprint density at radius 3 is 2.68 bits per heavy atom. The Hall–Kier alpha value is -2.38. The van der Waals surface area contributed by atoms with Gasteiger partial charge in [0, 0.05) is 39.9 Å². The molecule has 0 unspecified atom stereocenters. The van der Waals surface area contributed by atoms with E-state index in [1.54, 1.807) is 23.5 Å². The highest BCUT2D eigenvalue weighted by molar-refractivity contribution is 7.17. The van der Waals surface area contributed by atoms with Crippen molar-refractivity contribution in [1.29, 1.82) is 0 Å². The first-order valence-electron chi connectivity index (χ1n) is 11.1. The number of benzene rings is 1. The second kappa shape index (κ2) is 8.28. The average molecular weight is 440 g/mol. The summed E-state index contributed by atoms with van der Waals surface area (Å²) in [6.07, 6.45) is 5.42. The largest absolute Gasteiger partial charge is 0.303 e. The normalized spacial score (nSPS) is 17.4.